The van der Waals surface area contributed by atoms with Gasteiger partial charge in [-0.2, -0.15) is 0 Å². The van der Waals surface area contributed by atoms with Gasteiger partial charge in [0.15, 0.2) is 0 Å². The molecule has 0 amide bonds. The number of aromatic nitrogens is 1. The summed E-state index contributed by atoms with van der Waals surface area (Å²) in [5.74, 6) is 0.736. The van der Waals surface area contributed by atoms with Crippen LogP contribution in [0.1, 0.15) is 0 Å². The minimum absolute atomic E-state index is 0.696. The number of rotatable bonds is 1. The molecule has 0 N–H and O–H groups in total. The van der Waals surface area contributed by atoms with E-state index in [4.69, 9.17) is 9.47 Å². The van der Waals surface area contributed by atoms with Crippen LogP contribution in [0.2, 0.25) is 0 Å². The molecule has 5 heteroatoms. The first-order chi connectivity index (χ1) is 7.95. The van der Waals surface area contributed by atoms with Gasteiger partial charge in [0.05, 0.1) is 19.8 Å². The summed E-state index contributed by atoms with van der Waals surface area (Å²) in [4.78, 5) is 4.24. The molecule has 0 radical (unpaired) electrons. The average molecular weight is 221 g/mol. The fourth-order valence-electron chi connectivity index (χ4n) is 2.13. The molecule has 0 aliphatic carbocycles. The number of pyridine rings is 1. The van der Waals surface area contributed by atoms with Gasteiger partial charge in [0, 0.05) is 19.3 Å². The van der Waals surface area contributed by atoms with Gasteiger partial charge in [-0.15, -0.1) is 0 Å². The highest BCUT2D eigenvalue weighted by Gasteiger charge is 2.25. The van der Waals surface area contributed by atoms with Crippen LogP contribution in [0, 0.1) is 0 Å². The summed E-state index contributed by atoms with van der Waals surface area (Å²) in [6, 6.07) is 4.00. The van der Waals surface area contributed by atoms with Crippen LogP contribution in [0.15, 0.2) is 18.3 Å². The highest BCUT2D eigenvalue weighted by Crippen LogP contribution is 2.29. The lowest BCUT2D eigenvalue weighted by atomic mass is 10.3. The van der Waals surface area contributed by atoms with E-state index in [9.17, 15) is 0 Å². The first-order valence-electron chi connectivity index (χ1n) is 5.63. The number of morpholine rings is 1. The zero-order chi connectivity index (χ0) is 10.8. The molecule has 1 aromatic heterocycles. The maximum atomic E-state index is 5.53. The van der Waals surface area contributed by atoms with E-state index in [1.54, 1.807) is 6.20 Å². The van der Waals surface area contributed by atoms with Gasteiger partial charge in [-0.3, -0.25) is 5.01 Å². The second-order valence-electron chi connectivity index (χ2n) is 3.87. The van der Waals surface area contributed by atoms with Crippen LogP contribution in [0.5, 0.6) is 5.88 Å². The van der Waals surface area contributed by atoms with Crippen LogP contribution in [0.3, 0.4) is 0 Å². The van der Waals surface area contributed by atoms with E-state index in [1.807, 2.05) is 6.07 Å². The summed E-state index contributed by atoms with van der Waals surface area (Å²) in [6.07, 6.45) is 1.77. The Hall–Kier alpha value is -1.33. The molecule has 1 saturated heterocycles. The Labute approximate surface area is 94.5 Å². The van der Waals surface area contributed by atoms with Crippen molar-refractivity contribution in [3.05, 3.63) is 18.3 Å². The molecule has 1 aromatic rings. The minimum atomic E-state index is 0.696. The highest BCUT2D eigenvalue weighted by molar-refractivity contribution is 5.55. The number of hydrazine groups is 1. The number of fused-ring (bicyclic) bond motifs is 1. The number of anilines is 1. The molecule has 86 valence electrons. The van der Waals surface area contributed by atoms with E-state index in [1.165, 1.54) is 0 Å². The highest BCUT2D eigenvalue weighted by atomic mass is 16.5. The molecule has 5 nitrogen and oxygen atoms in total. The Morgan fingerprint density at radius 1 is 1.12 bits per heavy atom. The summed E-state index contributed by atoms with van der Waals surface area (Å²) < 4.78 is 10.9. The minimum Gasteiger partial charge on any atom is -0.474 e. The monoisotopic (exact) mass is 221 g/mol. The summed E-state index contributed by atoms with van der Waals surface area (Å²) in [6.45, 7) is 5.06. The molecule has 0 spiro atoms. The van der Waals surface area contributed by atoms with E-state index < -0.39 is 0 Å². The molecule has 0 aromatic carbocycles. The standard InChI is InChI=1S/C11H15N3O2/c1-2-10-11(12-3-1)16-9-6-14(10)13-4-7-15-8-5-13/h1-3H,4-9H2. The van der Waals surface area contributed by atoms with Crippen molar-refractivity contribution in [1.82, 2.24) is 9.99 Å². The largest absolute Gasteiger partial charge is 0.474 e. The molecule has 3 heterocycles. The van der Waals surface area contributed by atoms with Crippen molar-refractivity contribution in [1.29, 1.82) is 0 Å². The van der Waals surface area contributed by atoms with Gasteiger partial charge in [-0.25, -0.2) is 9.99 Å². The van der Waals surface area contributed by atoms with Crippen LogP contribution in [-0.2, 0) is 4.74 Å². The maximum absolute atomic E-state index is 5.53. The van der Waals surface area contributed by atoms with Crippen molar-refractivity contribution >= 4 is 5.69 Å². The van der Waals surface area contributed by atoms with Crippen LogP contribution < -0.4 is 9.75 Å². The fourth-order valence-corrected chi connectivity index (χ4v) is 2.13. The molecular weight excluding hydrogens is 206 g/mol. The molecule has 2 aliphatic rings. The van der Waals surface area contributed by atoms with Gasteiger partial charge < -0.3 is 9.47 Å². The molecule has 1 fully saturated rings. The van der Waals surface area contributed by atoms with Crippen molar-refractivity contribution in [2.24, 2.45) is 0 Å². The SMILES string of the molecule is c1cnc2c(c1)N(N1CCOCC1)CCO2. The molecule has 0 bridgehead atoms. The van der Waals surface area contributed by atoms with E-state index in [0.717, 1.165) is 44.4 Å². The van der Waals surface area contributed by atoms with Crippen molar-refractivity contribution < 1.29 is 9.47 Å². The van der Waals surface area contributed by atoms with Gasteiger partial charge in [-0.1, -0.05) is 0 Å². The van der Waals surface area contributed by atoms with E-state index in [2.05, 4.69) is 21.1 Å². The van der Waals surface area contributed by atoms with Gasteiger partial charge in [0.1, 0.15) is 12.3 Å². The zero-order valence-electron chi connectivity index (χ0n) is 9.13. The predicted octanol–water partition coefficient (Wildman–Crippen LogP) is 0.528. The third-order valence-electron chi connectivity index (χ3n) is 2.90. The van der Waals surface area contributed by atoms with Gasteiger partial charge in [-0.05, 0) is 12.1 Å². The topological polar surface area (TPSA) is 37.8 Å². The molecule has 0 unspecified atom stereocenters. The number of hydrogen-bond donors (Lipinski definition) is 0. The van der Waals surface area contributed by atoms with Crippen molar-refractivity contribution in [3.63, 3.8) is 0 Å². The second kappa shape index (κ2) is 4.27. The molecule has 2 aliphatic heterocycles. The van der Waals surface area contributed by atoms with E-state index in [0.29, 0.717) is 6.61 Å². The Balaban J connectivity index is 1.86. The average Bonchev–Trinajstić information content (AvgIpc) is 2.39. The van der Waals surface area contributed by atoms with Crippen molar-refractivity contribution in [2.75, 3.05) is 44.5 Å². The quantitative estimate of drug-likeness (QED) is 0.691. The van der Waals surface area contributed by atoms with E-state index >= 15 is 0 Å². The summed E-state index contributed by atoms with van der Waals surface area (Å²) in [5, 5.41) is 4.57. The lowest BCUT2D eigenvalue weighted by Gasteiger charge is -2.40. The van der Waals surface area contributed by atoms with Crippen LogP contribution in [0.4, 0.5) is 5.69 Å². The number of nitrogens with zero attached hydrogens (tertiary/aromatic N) is 3. The maximum Gasteiger partial charge on any atom is 0.239 e. The first kappa shape index (κ1) is 9.86. The lowest BCUT2D eigenvalue weighted by Crippen LogP contribution is -2.51. The number of hydrogen-bond acceptors (Lipinski definition) is 5. The molecule has 16 heavy (non-hydrogen) atoms. The third kappa shape index (κ3) is 1.72. The fraction of sp³-hybridized carbons (Fsp3) is 0.545. The van der Waals surface area contributed by atoms with Crippen LogP contribution in [0.25, 0.3) is 0 Å². The second-order valence-corrected chi connectivity index (χ2v) is 3.87. The Morgan fingerprint density at radius 3 is 2.88 bits per heavy atom. The van der Waals surface area contributed by atoms with Crippen molar-refractivity contribution in [2.45, 2.75) is 0 Å². The van der Waals surface area contributed by atoms with Gasteiger partial charge in [0.25, 0.3) is 0 Å². The molecular formula is C11H15N3O2. The van der Waals surface area contributed by atoms with Crippen molar-refractivity contribution in [3.8, 4) is 5.88 Å². The predicted molar refractivity (Wildman–Crippen MR) is 59.5 cm³/mol. The molecule has 0 saturated carbocycles. The number of ether oxygens (including phenoxy) is 2. The van der Waals surface area contributed by atoms with Crippen LogP contribution >= 0.6 is 0 Å². The molecule has 0 atom stereocenters. The normalized spacial score (nSPS) is 21.4. The lowest BCUT2D eigenvalue weighted by molar-refractivity contribution is 0.0278. The zero-order valence-corrected chi connectivity index (χ0v) is 9.13. The Bertz CT molecular complexity index is 366. The Morgan fingerprint density at radius 2 is 2.00 bits per heavy atom. The molecule has 3 rings (SSSR count). The first-order valence-corrected chi connectivity index (χ1v) is 5.63. The van der Waals surface area contributed by atoms with Crippen LogP contribution in [-0.4, -0.2) is 49.4 Å². The van der Waals surface area contributed by atoms with E-state index in [-0.39, 0.29) is 0 Å². The van der Waals surface area contributed by atoms with Gasteiger partial charge in [0.2, 0.25) is 5.88 Å². The Kier molecular flexibility index (Phi) is 2.63. The summed E-state index contributed by atoms with van der Waals surface area (Å²) in [7, 11) is 0. The summed E-state index contributed by atoms with van der Waals surface area (Å²) in [5.41, 5.74) is 1.07. The third-order valence-corrected chi connectivity index (χ3v) is 2.90. The smallest absolute Gasteiger partial charge is 0.239 e. The summed E-state index contributed by atoms with van der Waals surface area (Å²) >= 11 is 0. The van der Waals surface area contributed by atoms with Gasteiger partial charge >= 0.3 is 0 Å².